The topological polar surface area (TPSA) is 38.5 Å². The SMILES string of the molecule is COCCN(C1CC1)C(c1cccs1)C(C)N. The average molecular weight is 254 g/mol. The molecule has 2 N–H and O–H groups in total. The standard InChI is InChI=1S/C13H22N2OS/c1-10(14)13(12-4-3-9-17-12)15(7-8-16-2)11-5-6-11/h3-4,9-11,13H,5-8,14H2,1-2H3. The van der Waals surface area contributed by atoms with Crippen molar-refractivity contribution >= 4 is 11.3 Å². The summed E-state index contributed by atoms with van der Waals surface area (Å²) in [5.74, 6) is 0. The molecule has 1 aromatic heterocycles. The van der Waals surface area contributed by atoms with Crippen LogP contribution in [0.5, 0.6) is 0 Å². The summed E-state index contributed by atoms with van der Waals surface area (Å²) >= 11 is 1.80. The molecule has 0 saturated heterocycles. The van der Waals surface area contributed by atoms with Gasteiger partial charge in [-0.1, -0.05) is 6.07 Å². The Hall–Kier alpha value is -0.420. The minimum Gasteiger partial charge on any atom is -0.383 e. The Morgan fingerprint density at radius 1 is 1.59 bits per heavy atom. The predicted octanol–water partition coefficient (Wildman–Crippen LogP) is 2.25. The number of nitrogens with two attached hydrogens (primary N) is 1. The summed E-state index contributed by atoms with van der Waals surface area (Å²) in [4.78, 5) is 3.91. The Kier molecular flexibility index (Phi) is 4.56. The van der Waals surface area contributed by atoms with Gasteiger partial charge in [-0.25, -0.2) is 0 Å². The second kappa shape index (κ2) is 5.96. The first kappa shape index (κ1) is 13.0. The zero-order valence-electron chi connectivity index (χ0n) is 10.6. The Morgan fingerprint density at radius 2 is 2.35 bits per heavy atom. The molecule has 4 heteroatoms. The maximum Gasteiger partial charge on any atom is 0.0593 e. The maximum atomic E-state index is 6.19. The molecule has 0 radical (unpaired) electrons. The number of nitrogens with zero attached hydrogens (tertiary/aromatic N) is 1. The molecule has 2 rings (SSSR count). The van der Waals surface area contributed by atoms with Gasteiger partial charge in [0.25, 0.3) is 0 Å². The lowest BCUT2D eigenvalue weighted by Gasteiger charge is -2.33. The van der Waals surface area contributed by atoms with Crippen LogP contribution in [-0.4, -0.2) is 37.2 Å². The van der Waals surface area contributed by atoms with Crippen molar-refractivity contribution in [2.75, 3.05) is 20.3 Å². The van der Waals surface area contributed by atoms with Crippen molar-refractivity contribution in [1.82, 2.24) is 4.90 Å². The highest BCUT2D eigenvalue weighted by molar-refractivity contribution is 7.10. The summed E-state index contributed by atoms with van der Waals surface area (Å²) in [5.41, 5.74) is 6.19. The minimum absolute atomic E-state index is 0.158. The molecule has 1 fully saturated rings. The van der Waals surface area contributed by atoms with E-state index >= 15 is 0 Å². The van der Waals surface area contributed by atoms with Crippen LogP contribution in [0.1, 0.15) is 30.7 Å². The first-order chi connectivity index (χ1) is 8.24. The molecule has 2 atom stereocenters. The first-order valence-corrected chi connectivity index (χ1v) is 7.15. The van der Waals surface area contributed by atoms with Crippen molar-refractivity contribution in [2.24, 2.45) is 5.73 Å². The highest BCUT2D eigenvalue weighted by Gasteiger charge is 2.36. The van der Waals surface area contributed by atoms with Crippen LogP contribution in [0.3, 0.4) is 0 Å². The van der Waals surface area contributed by atoms with Gasteiger partial charge >= 0.3 is 0 Å². The molecule has 17 heavy (non-hydrogen) atoms. The third-order valence-electron chi connectivity index (χ3n) is 3.26. The summed E-state index contributed by atoms with van der Waals surface area (Å²) in [7, 11) is 1.76. The lowest BCUT2D eigenvalue weighted by molar-refractivity contribution is 0.106. The molecule has 2 unspecified atom stereocenters. The van der Waals surface area contributed by atoms with Gasteiger partial charge in [0.1, 0.15) is 0 Å². The molecule has 0 aliphatic heterocycles. The second-order valence-electron chi connectivity index (χ2n) is 4.78. The Balaban J connectivity index is 2.11. The fraction of sp³-hybridized carbons (Fsp3) is 0.692. The third-order valence-corrected chi connectivity index (χ3v) is 4.20. The van der Waals surface area contributed by atoms with Gasteiger partial charge in [-0.2, -0.15) is 0 Å². The van der Waals surface area contributed by atoms with E-state index in [0.717, 1.165) is 13.2 Å². The van der Waals surface area contributed by atoms with Crippen molar-refractivity contribution < 1.29 is 4.74 Å². The highest BCUT2D eigenvalue weighted by Crippen LogP contribution is 2.36. The minimum atomic E-state index is 0.158. The molecule has 96 valence electrons. The van der Waals surface area contributed by atoms with Crippen LogP contribution in [0.4, 0.5) is 0 Å². The fourth-order valence-corrected chi connectivity index (χ4v) is 3.30. The maximum absolute atomic E-state index is 6.19. The largest absolute Gasteiger partial charge is 0.383 e. The number of ether oxygens (including phenoxy) is 1. The molecule has 0 spiro atoms. The number of thiophene rings is 1. The van der Waals surface area contributed by atoms with Crippen LogP contribution in [-0.2, 0) is 4.74 Å². The van der Waals surface area contributed by atoms with Crippen LogP contribution in [0.15, 0.2) is 17.5 Å². The third kappa shape index (κ3) is 3.28. The van der Waals surface area contributed by atoms with E-state index in [1.807, 2.05) is 0 Å². The van der Waals surface area contributed by atoms with Gasteiger partial charge in [0, 0.05) is 30.6 Å². The zero-order valence-corrected chi connectivity index (χ0v) is 11.5. The van der Waals surface area contributed by atoms with Crippen LogP contribution in [0, 0.1) is 0 Å². The molecular weight excluding hydrogens is 232 g/mol. The van der Waals surface area contributed by atoms with Crippen LogP contribution < -0.4 is 5.73 Å². The van der Waals surface area contributed by atoms with Gasteiger partial charge in [-0.05, 0) is 31.2 Å². The summed E-state index contributed by atoms with van der Waals surface area (Å²) in [6.45, 7) is 3.86. The van der Waals surface area contributed by atoms with Crippen LogP contribution >= 0.6 is 11.3 Å². The summed E-state index contributed by atoms with van der Waals surface area (Å²) in [6, 6.07) is 5.52. The highest BCUT2D eigenvalue weighted by atomic mass is 32.1. The van der Waals surface area contributed by atoms with Gasteiger partial charge in [0.05, 0.1) is 12.6 Å². The van der Waals surface area contributed by atoms with Crippen molar-refractivity contribution in [3.05, 3.63) is 22.4 Å². The molecule has 1 aliphatic rings. The van der Waals surface area contributed by atoms with E-state index in [1.54, 1.807) is 18.4 Å². The van der Waals surface area contributed by atoms with E-state index in [-0.39, 0.29) is 6.04 Å². The average Bonchev–Trinajstić information content (AvgIpc) is 3.00. The molecular formula is C13H22N2OS. The number of hydrogen-bond acceptors (Lipinski definition) is 4. The molecule has 1 aliphatic carbocycles. The second-order valence-corrected chi connectivity index (χ2v) is 5.76. The van der Waals surface area contributed by atoms with E-state index in [9.17, 15) is 0 Å². The van der Waals surface area contributed by atoms with Crippen LogP contribution in [0.2, 0.25) is 0 Å². The van der Waals surface area contributed by atoms with Gasteiger partial charge in [0.15, 0.2) is 0 Å². The van der Waals surface area contributed by atoms with E-state index in [1.165, 1.54) is 17.7 Å². The van der Waals surface area contributed by atoms with Crippen molar-refractivity contribution in [1.29, 1.82) is 0 Å². The van der Waals surface area contributed by atoms with Gasteiger partial charge in [-0.15, -0.1) is 11.3 Å². The summed E-state index contributed by atoms with van der Waals surface area (Å²) in [5, 5.41) is 2.13. The van der Waals surface area contributed by atoms with Crippen molar-refractivity contribution in [3.63, 3.8) is 0 Å². The van der Waals surface area contributed by atoms with Gasteiger partial charge < -0.3 is 10.5 Å². The molecule has 0 bridgehead atoms. The smallest absolute Gasteiger partial charge is 0.0593 e. The van der Waals surface area contributed by atoms with E-state index < -0.39 is 0 Å². The zero-order chi connectivity index (χ0) is 12.3. The van der Waals surface area contributed by atoms with Crippen LogP contribution in [0.25, 0.3) is 0 Å². The summed E-state index contributed by atoms with van der Waals surface area (Å²) < 4.78 is 5.22. The predicted molar refractivity (Wildman–Crippen MR) is 72.3 cm³/mol. The van der Waals surface area contributed by atoms with Crippen molar-refractivity contribution in [2.45, 2.75) is 37.9 Å². The normalized spacial score (nSPS) is 19.5. The van der Waals surface area contributed by atoms with E-state index in [2.05, 4.69) is 29.3 Å². The number of hydrogen-bond donors (Lipinski definition) is 1. The molecule has 1 aromatic rings. The lowest BCUT2D eigenvalue weighted by atomic mass is 10.1. The van der Waals surface area contributed by atoms with Gasteiger partial charge in [0.2, 0.25) is 0 Å². The molecule has 1 heterocycles. The lowest BCUT2D eigenvalue weighted by Crippen LogP contribution is -2.42. The monoisotopic (exact) mass is 254 g/mol. The molecule has 1 saturated carbocycles. The Labute approximate surface area is 108 Å². The molecule has 0 amide bonds. The number of methoxy groups -OCH3 is 1. The first-order valence-electron chi connectivity index (χ1n) is 6.27. The van der Waals surface area contributed by atoms with E-state index in [4.69, 9.17) is 10.5 Å². The Bertz CT molecular complexity index is 322. The van der Waals surface area contributed by atoms with Gasteiger partial charge in [-0.3, -0.25) is 4.90 Å². The molecule has 3 nitrogen and oxygen atoms in total. The Morgan fingerprint density at radius 3 is 2.82 bits per heavy atom. The number of rotatable bonds is 7. The quantitative estimate of drug-likeness (QED) is 0.811. The van der Waals surface area contributed by atoms with E-state index in [0.29, 0.717) is 12.1 Å². The van der Waals surface area contributed by atoms with Crippen molar-refractivity contribution in [3.8, 4) is 0 Å². The summed E-state index contributed by atoms with van der Waals surface area (Å²) in [6.07, 6.45) is 2.61. The fourth-order valence-electron chi connectivity index (χ4n) is 2.34. The molecule has 0 aromatic carbocycles.